The van der Waals surface area contributed by atoms with Crippen LogP contribution < -0.4 is 4.74 Å². The number of benzene rings is 2. The van der Waals surface area contributed by atoms with Crippen LogP contribution in [0.25, 0.3) is 11.6 Å². The van der Waals surface area contributed by atoms with E-state index in [1.807, 2.05) is 75.4 Å². The van der Waals surface area contributed by atoms with Crippen LogP contribution in [0.2, 0.25) is 0 Å². The minimum Gasteiger partial charge on any atom is -0.482 e. The van der Waals surface area contributed by atoms with E-state index in [0.29, 0.717) is 12.2 Å². The monoisotopic (exact) mass is 354 g/mol. The van der Waals surface area contributed by atoms with E-state index in [9.17, 15) is 9.90 Å². The Kier molecular flexibility index (Phi) is 6.98. The molecule has 0 fully saturated rings. The molecule has 0 saturated heterocycles. The summed E-state index contributed by atoms with van der Waals surface area (Å²) in [5.74, 6) is 0.203. The lowest BCUT2D eigenvalue weighted by Gasteiger charge is -2.19. The van der Waals surface area contributed by atoms with Crippen LogP contribution in [-0.4, -0.2) is 29.9 Å². The summed E-state index contributed by atoms with van der Waals surface area (Å²) < 4.78 is 10.7. The van der Waals surface area contributed by atoms with Gasteiger partial charge in [0.25, 0.3) is 0 Å². The highest BCUT2D eigenvalue weighted by atomic mass is 16.6. The number of rotatable bonds is 7. The lowest BCUT2D eigenvalue weighted by Crippen LogP contribution is -2.27. The predicted octanol–water partition coefficient (Wildman–Crippen LogP) is 4.33. The average Bonchev–Trinajstić information content (AvgIpc) is 2.59. The fourth-order valence-electron chi connectivity index (χ4n) is 2.45. The molecule has 0 aliphatic rings. The van der Waals surface area contributed by atoms with Crippen LogP contribution in [0.5, 0.6) is 5.75 Å². The van der Waals surface area contributed by atoms with E-state index in [4.69, 9.17) is 9.47 Å². The largest absolute Gasteiger partial charge is 0.482 e. The molecular weight excluding hydrogens is 328 g/mol. The van der Waals surface area contributed by atoms with E-state index in [0.717, 1.165) is 16.7 Å². The van der Waals surface area contributed by atoms with Crippen LogP contribution >= 0.6 is 0 Å². The van der Waals surface area contributed by atoms with Gasteiger partial charge in [0, 0.05) is 6.61 Å². The lowest BCUT2D eigenvalue weighted by atomic mass is 10.00. The van der Waals surface area contributed by atoms with E-state index < -0.39 is 11.6 Å². The molecule has 138 valence electrons. The number of carbonyl (C=O) groups is 1. The van der Waals surface area contributed by atoms with Crippen LogP contribution in [0.3, 0.4) is 0 Å². The topological polar surface area (TPSA) is 55.8 Å². The molecule has 4 heteroatoms. The van der Waals surface area contributed by atoms with Crippen LogP contribution in [0.1, 0.15) is 38.3 Å². The zero-order chi connectivity index (χ0) is 19.0. The van der Waals surface area contributed by atoms with Crippen LogP contribution in [0, 0.1) is 0 Å². The summed E-state index contributed by atoms with van der Waals surface area (Å²) in [7, 11) is 0. The number of aliphatic hydroxyl groups excluding tert-OH is 1. The maximum Gasteiger partial charge on any atom is 0.344 e. The van der Waals surface area contributed by atoms with Gasteiger partial charge in [-0.3, -0.25) is 0 Å². The van der Waals surface area contributed by atoms with Crippen LogP contribution in [0.15, 0.2) is 54.6 Å². The molecule has 0 radical (unpaired) electrons. The predicted molar refractivity (Wildman–Crippen MR) is 104 cm³/mol. The van der Waals surface area contributed by atoms with Crippen molar-refractivity contribution in [3.8, 4) is 5.75 Å². The number of hydrogen-bond donors (Lipinski definition) is 1. The molecule has 0 aliphatic heterocycles. The van der Waals surface area contributed by atoms with Crippen molar-refractivity contribution >= 4 is 17.6 Å². The molecule has 0 atom stereocenters. The van der Waals surface area contributed by atoms with Gasteiger partial charge in [-0.2, -0.15) is 0 Å². The second-order valence-electron chi connectivity index (χ2n) is 6.95. The number of ether oxygens (including phenoxy) is 2. The molecule has 1 N–H and O–H groups in total. The Morgan fingerprint density at radius 2 is 1.69 bits per heavy atom. The minimum atomic E-state index is -0.522. The SMILES string of the molecule is CC(C)(C)OC(=O)COc1ccc(/C(=C/c2ccccc2)CCO)cc1. The van der Waals surface area contributed by atoms with Gasteiger partial charge in [0.2, 0.25) is 0 Å². The van der Waals surface area contributed by atoms with E-state index >= 15 is 0 Å². The van der Waals surface area contributed by atoms with Crippen molar-refractivity contribution in [1.82, 2.24) is 0 Å². The molecule has 0 unspecified atom stereocenters. The lowest BCUT2D eigenvalue weighted by molar-refractivity contribution is -0.157. The van der Waals surface area contributed by atoms with E-state index in [2.05, 4.69) is 6.08 Å². The zero-order valence-corrected chi connectivity index (χ0v) is 15.6. The van der Waals surface area contributed by atoms with E-state index in [1.54, 1.807) is 0 Å². The number of carbonyl (C=O) groups excluding carboxylic acids is 1. The van der Waals surface area contributed by atoms with Gasteiger partial charge in [-0.25, -0.2) is 4.79 Å². The zero-order valence-electron chi connectivity index (χ0n) is 15.6. The fraction of sp³-hybridized carbons (Fsp3) is 0.318. The normalized spacial score (nSPS) is 11.9. The first kappa shape index (κ1) is 19.7. The molecule has 0 aromatic heterocycles. The summed E-state index contributed by atoms with van der Waals surface area (Å²) in [5, 5.41) is 9.35. The van der Waals surface area contributed by atoms with Crippen molar-refractivity contribution in [1.29, 1.82) is 0 Å². The molecule has 2 rings (SSSR count). The molecule has 0 bridgehead atoms. The highest BCUT2D eigenvalue weighted by Crippen LogP contribution is 2.24. The first-order valence-electron chi connectivity index (χ1n) is 8.69. The molecule has 0 spiro atoms. The fourth-order valence-corrected chi connectivity index (χ4v) is 2.45. The number of hydrogen-bond acceptors (Lipinski definition) is 4. The summed E-state index contributed by atoms with van der Waals surface area (Å²) in [4.78, 5) is 11.7. The molecule has 0 saturated carbocycles. The molecule has 0 heterocycles. The van der Waals surface area contributed by atoms with Gasteiger partial charge in [0.15, 0.2) is 6.61 Å². The second-order valence-corrected chi connectivity index (χ2v) is 6.95. The molecule has 2 aromatic rings. The molecular formula is C22H26O4. The summed E-state index contributed by atoms with van der Waals surface area (Å²) in [6.45, 7) is 5.42. The summed E-state index contributed by atoms with van der Waals surface area (Å²) >= 11 is 0. The van der Waals surface area contributed by atoms with Gasteiger partial charge in [0.05, 0.1) is 0 Å². The van der Waals surface area contributed by atoms with E-state index in [-0.39, 0.29) is 13.2 Å². The summed E-state index contributed by atoms with van der Waals surface area (Å²) in [5.41, 5.74) is 2.61. The Morgan fingerprint density at radius 1 is 1.04 bits per heavy atom. The Bertz CT molecular complexity index is 725. The highest BCUT2D eigenvalue weighted by Gasteiger charge is 2.16. The van der Waals surface area contributed by atoms with Crippen molar-refractivity contribution in [3.05, 3.63) is 65.7 Å². The Morgan fingerprint density at radius 3 is 2.27 bits per heavy atom. The van der Waals surface area contributed by atoms with Crippen molar-refractivity contribution in [2.75, 3.05) is 13.2 Å². The number of aliphatic hydroxyl groups is 1. The number of esters is 1. The maximum atomic E-state index is 11.7. The quantitative estimate of drug-likeness (QED) is 0.594. The first-order chi connectivity index (χ1) is 12.4. The van der Waals surface area contributed by atoms with Crippen molar-refractivity contribution in [2.45, 2.75) is 32.8 Å². The van der Waals surface area contributed by atoms with Gasteiger partial charge in [0.1, 0.15) is 11.4 Å². The third kappa shape index (κ3) is 6.73. The maximum absolute atomic E-state index is 11.7. The third-order valence-corrected chi connectivity index (χ3v) is 3.52. The summed E-state index contributed by atoms with van der Waals surface area (Å²) in [6.07, 6.45) is 2.62. The molecule has 2 aromatic carbocycles. The molecule has 26 heavy (non-hydrogen) atoms. The van der Waals surface area contributed by atoms with Gasteiger partial charge in [-0.05, 0) is 56.0 Å². The van der Waals surface area contributed by atoms with Crippen LogP contribution in [0.4, 0.5) is 0 Å². The molecule has 4 nitrogen and oxygen atoms in total. The van der Waals surface area contributed by atoms with Gasteiger partial charge in [-0.15, -0.1) is 0 Å². The summed E-state index contributed by atoms with van der Waals surface area (Å²) in [6, 6.07) is 17.5. The van der Waals surface area contributed by atoms with E-state index in [1.165, 1.54) is 0 Å². The smallest absolute Gasteiger partial charge is 0.344 e. The molecule has 0 aliphatic carbocycles. The van der Waals surface area contributed by atoms with Gasteiger partial charge >= 0.3 is 5.97 Å². The van der Waals surface area contributed by atoms with Crippen molar-refractivity contribution in [2.24, 2.45) is 0 Å². The van der Waals surface area contributed by atoms with Gasteiger partial charge < -0.3 is 14.6 Å². The van der Waals surface area contributed by atoms with Gasteiger partial charge in [-0.1, -0.05) is 48.5 Å². The standard InChI is InChI=1S/C22H26O4/c1-22(2,3)26-21(24)16-25-20-11-9-18(10-12-20)19(13-14-23)15-17-7-5-4-6-8-17/h4-12,15,23H,13-14,16H2,1-3H3/b19-15+. The van der Waals surface area contributed by atoms with Crippen molar-refractivity contribution in [3.63, 3.8) is 0 Å². The Hall–Kier alpha value is -2.59. The Balaban J connectivity index is 2.04. The average molecular weight is 354 g/mol. The molecule has 0 amide bonds. The van der Waals surface area contributed by atoms with Crippen molar-refractivity contribution < 1.29 is 19.4 Å². The van der Waals surface area contributed by atoms with Crippen LogP contribution in [-0.2, 0) is 9.53 Å². The first-order valence-corrected chi connectivity index (χ1v) is 8.69. The Labute approximate surface area is 155 Å². The minimum absolute atomic E-state index is 0.0789. The third-order valence-electron chi connectivity index (χ3n) is 3.52. The highest BCUT2D eigenvalue weighted by molar-refractivity contribution is 5.81. The second kappa shape index (κ2) is 9.20.